The van der Waals surface area contributed by atoms with E-state index >= 15 is 0 Å². The lowest BCUT2D eigenvalue weighted by Crippen LogP contribution is -2.40. The van der Waals surface area contributed by atoms with Crippen molar-refractivity contribution in [3.8, 4) is 0 Å². The molecule has 2 heterocycles. The zero-order valence-corrected chi connectivity index (χ0v) is 12.2. The maximum Gasteiger partial charge on any atom is 0.317 e. The van der Waals surface area contributed by atoms with Crippen molar-refractivity contribution in [3.05, 3.63) is 16.6 Å². The maximum atomic E-state index is 12.0. The second-order valence-electron chi connectivity index (χ2n) is 5.16. The summed E-state index contributed by atoms with van der Waals surface area (Å²) in [5.41, 5.74) is 0. The average Bonchev–Trinajstić information content (AvgIpc) is 3.05. The third kappa shape index (κ3) is 3.93. The van der Waals surface area contributed by atoms with Crippen LogP contribution in [-0.4, -0.2) is 46.6 Å². The van der Waals surface area contributed by atoms with Gasteiger partial charge in [0.2, 0.25) is 0 Å². The molecule has 20 heavy (non-hydrogen) atoms. The van der Waals surface area contributed by atoms with E-state index < -0.39 is 5.97 Å². The molecule has 2 atom stereocenters. The smallest absolute Gasteiger partial charge is 0.317 e. The van der Waals surface area contributed by atoms with Crippen molar-refractivity contribution in [3.63, 3.8) is 0 Å². The van der Waals surface area contributed by atoms with E-state index in [1.165, 1.54) is 0 Å². The van der Waals surface area contributed by atoms with E-state index in [1.807, 2.05) is 12.3 Å². The van der Waals surface area contributed by atoms with Crippen molar-refractivity contribution in [2.24, 2.45) is 5.92 Å². The van der Waals surface area contributed by atoms with Crippen LogP contribution in [0.5, 0.6) is 0 Å². The summed E-state index contributed by atoms with van der Waals surface area (Å²) in [5, 5.41) is 14.6. The minimum absolute atomic E-state index is 0.0784. The molecule has 1 aliphatic rings. The van der Waals surface area contributed by atoms with Crippen LogP contribution in [0.4, 0.5) is 4.79 Å². The molecule has 110 valence electrons. The van der Waals surface area contributed by atoms with Gasteiger partial charge in [0.25, 0.3) is 0 Å². The average molecular weight is 297 g/mol. The number of carboxylic acid groups (broad SMARTS) is 1. The Balaban J connectivity index is 1.74. The monoisotopic (exact) mass is 297 g/mol. The minimum Gasteiger partial charge on any atom is -0.481 e. The molecule has 0 saturated carbocycles. The molecule has 2 rings (SSSR count). The number of aliphatic carboxylic acids is 1. The van der Waals surface area contributed by atoms with Crippen molar-refractivity contribution in [1.82, 2.24) is 15.2 Å². The summed E-state index contributed by atoms with van der Waals surface area (Å²) in [6.45, 7) is 3.74. The van der Waals surface area contributed by atoms with Crippen LogP contribution < -0.4 is 5.32 Å². The molecule has 0 aromatic carbocycles. The standard InChI is InChI=1S/C13H19N3O3S/c1-9(12-14-3-5-20-12)7-15-13(19)16-4-2-10(8-16)6-11(17)18/h3,5,9-10H,2,4,6-8H2,1H3,(H,15,19)(H,17,18). The summed E-state index contributed by atoms with van der Waals surface area (Å²) in [6, 6.07) is -0.110. The highest BCUT2D eigenvalue weighted by atomic mass is 32.1. The second-order valence-corrected chi connectivity index (χ2v) is 6.08. The molecule has 0 radical (unpaired) electrons. The van der Waals surface area contributed by atoms with Crippen LogP contribution in [0.1, 0.15) is 30.7 Å². The van der Waals surface area contributed by atoms with E-state index in [0.29, 0.717) is 19.6 Å². The van der Waals surface area contributed by atoms with Gasteiger partial charge in [0.05, 0.1) is 5.01 Å². The summed E-state index contributed by atoms with van der Waals surface area (Å²) in [4.78, 5) is 28.6. The highest BCUT2D eigenvalue weighted by Gasteiger charge is 2.27. The summed E-state index contributed by atoms with van der Waals surface area (Å²) < 4.78 is 0. The molecule has 1 aliphatic heterocycles. The normalized spacial score (nSPS) is 19.9. The van der Waals surface area contributed by atoms with E-state index in [2.05, 4.69) is 10.3 Å². The SMILES string of the molecule is CC(CNC(=O)N1CCC(CC(=O)O)C1)c1nccs1. The lowest BCUT2D eigenvalue weighted by atomic mass is 10.1. The lowest BCUT2D eigenvalue weighted by molar-refractivity contribution is -0.138. The Morgan fingerprint density at radius 3 is 3.10 bits per heavy atom. The number of carboxylic acids is 1. The van der Waals surface area contributed by atoms with Gasteiger partial charge in [-0.15, -0.1) is 11.3 Å². The van der Waals surface area contributed by atoms with Crippen LogP contribution in [0.15, 0.2) is 11.6 Å². The number of likely N-dealkylation sites (tertiary alicyclic amines) is 1. The molecule has 0 aliphatic carbocycles. The number of hydrogen-bond acceptors (Lipinski definition) is 4. The van der Waals surface area contributed by atoms with Gasteiger partial charge >= 0.3 is 12.0 Å². The fourth-order valence-electron chi connectivity index (χ4n) is 2.35. The first-order chi connectivity index (χ1) is 9.56. The number of nitrogens with zero attached hydrogens (tertiary/aromatic N) is 2. The number of urea groups is 1. The number of rotatable bonds is 5. The molecule has 1 saturated heterocycles. The number of carbonyl (C=O) groups excluding carboxylic acids is 1. The topological polar surface area (TPSA) is 82.5 Å². The van der Waals surface area contributed by atoms with Crippen LogP contribution in [0.3, 0.4) is 0 Å². The molecule has 0 bridgehead atoms. The van der Waals surface area contributed by atoms with Crippen molar-refractivity contribution < 1.29 is 14.7 Å². The van der Waals surface area contributed by atoms with Gasteiger partial charge in [-0.05, 0) is 12.3 Å². The minimum atomic E-state index is -0.797. The van der Waals surface area contributed by atoms with Gasteiger partial charge in [0.1, 0.15) is 0 Å². The van der Waals surface area contributed by atoms with Crippen molar-refractivity contribution in [1.29, 1.82) is 0 Å². The molecule has 7 heteroatoms. The molecule has 1 fully saturated rings. The first-order valence-corrected chi connectivity index (χ1v) is 7.58. The van der Waals surface area contributed by atoms with Gasteiger partial charge in [0, 0.05) is 43.5 Å². The molecular weight excluding hydrogens is 278 g/mol. The van der Waals surface area contributed by atoms with Gasteiger partial charge in [-0.3, -0.25) is 4.79 Å². The summed E-state index contributed by atoms with van der Waals surface area (Å²) in [5.74, 6) is -0.527. The lowest BCUT2D eigenvalue weighted by Gasteiger charge is -2.18. The van der Waals surface area contributed by atoms with Crippen LogP contribution >= 0.6 is 11.3 Å². The molecule has 6 nitrogen and oxygen atoms in total. The second kappa shape index (κ2) is 6.69. The summed E-state index contributed by atoms with van der Waals surface area (Å²) >= 11 is 1.58. The molecule has 2 unspecified atom stereocenters. The summed E-state index contributed by atoms with van der Waals surface area (Å²) in [7, 11) is 0. The van der Waals surface area contributed by atoms with E-state index in [1.54, 1.807) is 22.4 Å². The van der Waals surface area contributed by atoms with E-state index in [9.17, 15) is 9.59 Å². The highest BCUT2D eigenvalue weighted by Crippen LogP contribution is 2.20. The maximum absolute atomic E-state index is 12.0. The molecule has 2 amide bonds. The third-order valence-corrected chi connectivity index (χ3v) is 4.48. The first-order valence-electron chi connectivity index (χ1n) is 6.70. The molecule has 1 aromatic rings. The predicted molar refractivity (Wildman–Crippen MR) is 75.9 cm³/mol. The quantitative estimate of drug-likeness (QED) is 0.867. The fraction of sp³-hybridized carbons (Fsp3) is 0.615. The Labute approximate surface area is 121 Å². The van der Waals surface area contributed by atoms with Gasteiger partial charge in [-0.2, -0.15) is 0 Å². The van der Waals surface area contributed by atoms with Crippen LogP contribution in [-0.2, 0) is 4.79 Å². The van der Waals surface area contributed by atoms with Gasteiger partial charge in [-0.25, -0.2) is 9.78 Å². The van der Waals surface area contributed by atoms with E-state index in [-0.39, 0.29) is 24.3 Å². The Kier molecular flexibility index (Phi) is 4.94. The third-order valence-electron chi connectivity index (χ3n) is 3.47. The number of nitrogens with one attached hydrogen (secondary N) is 1. The van der Waals surface area contributed by atoms with Crippen molar-refractivity contribution in [2.45, 2.75) is 25.7 Å². The van der Waals surface area contributed by atoms with Gasteiger partial charge in [0.15, 0.2) is 0 Å². The Morgan fingerprint density at radius 2 is 2.45 bits per heavy atom. The number of thiazole rings is 1. The number of carbonyl (C=O) groups is 2. The predicted octanol–water partition coefficient (Wildman–Crippen LogP) is 1.75. The first kappa shape index (κ1) is 14.8. The number of hydrogen-bond donors (Lipinski definition) is 2. The zero-order chi connectivity index (χ0) is 14.5. The largest absolute Gasteiger partial charge is 0.481 e. The highest BCUT2D eigenvalue weighted by molar-refractivity contribution is 7.09. The Bertz CT molecular complexity index is 463. The molecule has 1 aromatic heterocycles. The molecular formula is C13H19N3O3S. The van der Waals surface area contributed by atoms with Crippen LogP contribution in [0.25, 0.3) is 0 Å². The van der Waals surface area contributed by atoms with Crippen LogP contribution in [0.2, 0.25) is 0 Å². The van der Waals surface area contributed by atoms with E-state index in [4.69, 9.17) is 5.11 Å². The van der Waals surface area contributed by atoms with Crippen molar-refractivity contribution in [2.75, 3.05) is 19.6 Å². The molecule has 2 N–H and O–H groups in total. The van der Waals surface area contributed by atoms with Crippen LogP contribution in [0, 0.1) is 5.92 Å². The zero-order valence-electron chi connectivity index (χ0n) is 11.4. The number of amides is 2. The van der Waals surface area contributed by atoms with Gasteiger partial charge in [-0.1, -0.05) is 6.92 Å². The Hall–Kier alpha value is -1.63. The van der Waals surface area contributed by atoms with Gasteiger partial charge < -0.3 is 15.3 Å². The Morgan fingerprint density at radius 1 is 1.65 bits per heavy atom. The number of aromatic nitrogens is 1. The van der Waals surface area contributed by atoms with Crippen molar-refractivity contribution >= 4 is 23.3 Å². The van der Waals surface area contributed by atoms with E-state index in [0.717, 1.165) is 11.4 Å². The summed E-state index contributed by atoms with van der Waals surface area (Å²) in [6.07, 6.45) is 2.66. The molecule has 0 spiro atoms. The fourth-order valence-corrected chi connectivity index (χ4v) is 3.05.